The topological polar surface area (TPSA) is 172 Å². The van der Waals surface area contributed by atoms with Gasteiger partial charge in [-0.25, -0.2) is 24.8 Å². The quantitative estimate of drug-likeness (QED) is 0.236. The largest absolute Gasteiger partial charge is 0.454 e. The zero-order valence-corrected chi connectivity index (χ0v) is 18.4. The van der Waals surface area contributed by atoms with Crippen molar-refractivity contribution in [2.75, 3.05) is 32.2 Å². The van der Waals surface area contributed by atoms with Crippen molar-refractivity contribution < 1.29 is 17.9 Å². The number of fused-ring (bicyclic) bond motifs is 2. The van der Waals surface area contributed by atoms with E-state index in [1.54, 1.807) is 6.07 Å². The fraction of sp³-hybridized carbons (Fsp3) is 0.278. The Labute approximate surface area is 188 Å². The standard InChI is InChI=1S/C18H20N8O4S2/c1-2-11-7-12-13(30-10-29-12)8-14(11)31-18-25-15-16(19)22-9-23-17(15)26(18)6-5-21-3-4-24-32(20,27)28/h1,7-9,21,24H,3-6,10H2,(H2,19,22,23)(H2,20,27,28). The van der Waals surface area contributed by atoms with Crippen molar-refractivity contribution in [3.63, 3.8) is 0 Å². The number of anilines is 1. The fourth-order valence-electron chi connectivity index (χ4n) is 3.03. The third-order valence-corrected chi connectivity index (χ3v) is 6.13. The minimum atomic E-state index is -3.72. The smallest absolute Gasteiger partial charge is 0.274 e. The number of nitrogens with one attached hydrogen (secondary N) is 2. The van der Waals surface area contributed by atoms with E-state index in [1.165, 1.54) is 18.1 Å². The fourth-order valence-corrected chi connectivity index (χ4v) is 4.43. The molecular weight excluding hydrogens is 456 g/mol. The summed E-state index contributed by atoms with van der Waals surface area (Å²) in [6, 6.07) is 3.57. The minimum Gasteiger partial charge on any atom is -0.454 e. The average Bonchev–Trinajstić information content (AvgIpc) is 3.34. The van der Waals surface area contributed by atoms with Crippen LogP contribution in [-0.4, -0.2) is 54.4 Å². The molecule has 1 aliphatic heterocycles. The molecule has 0 saturated heterocycles. The Bertz CT molecular complexity index is 1300. The molecule has 2 aromatic heterocycles. The van der Waals surface area contributed by atoms with Crippen molar-refractivity contribution in [1.29, 1.82) is 0 Å². The molecule has 32 heavy (non-hydrogen) atoms. The van der Waals surface area contributed by atoms with Gasteiger partial charge in [-0.15, -0.1) is 6.42 Å². The summed E-state index contributed by atoms with van der Waals surface area (Å²) in [5.41, 5.74) is 7.70. The number of nitrogens with two attached hydrogens (primary N) is 2. The van der Waals surface area contributed by atoms with Crippen LogP contribution in [0.2, 0.25) is 0 Å². The van der Waals surface area contributed by atoms with E-state index in [4.69, 9.17) is 26.8 Å². The first kappa shape index (κ1) is 22.1. The highest BCUT2D eigenvalue weighted by Gasteiger charge is 2.21. The van der Waals surface area contributed by atoms with E-state index in [1.807, 2.05) is 10.6 Å². The van der Waals surface area contributed by atoms with Gasteiger partial charge in [0.05, 0.1) is 0 Å². The number of hydrogen-bond acceptors (Lipinski definition) is 10. The van der Waals surface area contributed by atoms with E-state index in [0.29, 0.717) is 53.0 Å². The molecule has 14 heteroatoms. The highest BCUT2D eigenvalue weighted by molar-refractivity contribution is 7.99. The van der Waals surface area contributed by atoms with Gasteiger partial charge >= 0.3 is 0 Å². The van der Waals surface area contributed by atoms with Crippen LogP contribution in [0, 0.1) is 12.3 Å². The number of terminal acetylenes is 1. The van der Waals surface area contributed by atoms with Crippen molar-refractivity contribution in [3.8, 4) is 23.8 Å². The summed E-state index contributed by atoms with van der Waals surface area (Å²) in [6.07, 6.45) is 7.07. The third-order valence-electron chi connectivity index (χ3n) is 4.47. The van der Waals surface area contributed by atoms with Crippen LogP contribution in [0.15, 0.2) is 28.5 Å². The van der Waals surface area contributed by atoms with Crippen molar-refractivity contribution in [2.24, 2.45) is 5.14 Å². The average molecular weight is 477 g/mol. The Kier molecular flexibility index (Phi) is 6.35. The second-order valence-corrected chi connectivity index (χ2v) is 9.00. The van der Waals surface area contributed by atoms with Crippen LogP contribution in [-0.2, 0) is 16.8 Å². The lowest BCUT2D eigenvalue weighted by molar-refractivity contribution is 0.174. The van der Waals surface area contributed by atoms with Gasteiger partial charge in [0.1, 0.15) is 6.33 Å². The maximum Gasteiger partial charge on any atom is 0.274 e. The van der Waals surface area contributed by atoms with Gasteiger partial charge in [-0.05, 0) is 6.07 Å². The van der Waals surface area contributed by atoms with Crippen LogP contribution in [0.1, 0.15) is 5.56 Å². The molecule has 6 N–H and O–H groups in total. The summed E-state index contributed by atoms with van der Waals surface area (Å²) in [5.74, 6) is 4.14. The zero-order valence-electron chi connectivity index (χ0n) is 16.7. The van der Waals surface area contributed by atoms with Gasteiger partial charge in [-0.3, -0.25) is 0 Å². The van der Waals surface area contributed by atoms with Gasteiger partial charge < -0.3 is 25.1 Å². The maximum atomic E-state index is 10.9. The maximum absolute atomic E-state index is 10.9. The van der Waals surface area contributed by atoms with E-state index in [9.17, 15) is 8.42 Å². The number of nitrogen functional groups attached to an aromatic ring is 1. The Morgan fingerprint density at radius 2 is 2.00 bits per heavy atom. The lowest BCUT2D eigenvalue weighted by Crippen LogP contribution is -2.36. The van der Waals surface area contributed by atoms with E-state index in [-0.39, 0.29) is 19.2 Å². The molecule has 0 spiro atoms. The number of imidazole rings is 1. The monoisotopic (exact) mass is 476 g/mol. The van der Waals surface area contributed by atoms with Gasteiger partial charge in [0.25, 0.3) is 10.2 Å². The van der Waals surface area contributed by atoms with Crippen molar-refractivity contribution in [2.45, 2.75) is 16.6 Å². The number of ether oxygens (including phenoxy) is 2. The van der Waals surface area contributed by atoms with Gasteiger partial charge in [0.15, 0.2) is 33.6 Å². The van der Waals surface area contributed by atoms with Gasteiger partial charge in [0, 0.05) is 42.7 Å². The summed E-state index contributed by atoms with van der Waals surface area (Å²) in [4.78, 5) is 13.7. The molecule has 3 aromatic rings. The van der Waals surface area contributed by atoms with E-state index in [0.717, 1.165) is 4.90 Å². The Balaban J connectivity index is 1.57. The van der Waals surface area contributed by atoms with Crippen molar-refractivity contribution >= 4 is 39.0 Å². The van der Waals surface area contributed by atoms with Crippen LogP contribution in [0.25, 0.3) is 11.2 Å². The van der Waals surface area contributed by atoms with Crippen LogP contribution in [0.3, 0.4) is 0 Å². The van der Waals surface area contributed by atoms with Crippen molar-refractivity contribution in [1.82, 2.24) is 29.6 Å². The Morgan fingerprint density at radius 3 is 2.75 bits per heavy atom. The minimum absolute atomic E-state index is 0.143. The SMILES string of the molecule is C#Cc1cc2c(cc1Sc1nc3c(N)ncnc3n1CCNCCNS(N)(=O)=O)OCO2. The van der Waals surface area contributed by atoms with Gasteiger partial charge in [0.2, 0.25) is 6.79 Å². The predicted molar refractivity (Wildman–Crippen MR) is 118 cm³/mol. The second-order valence-electron chi connectivity index (χ2n) is 6.61. The third kappa shape index (κ3) is 4.87. The molecule has 0 saturated carbocycles. The highest BCUT2D eigenvalue weighted by Crippen LogP contribution is 2.40. The van der Waals surface area contributed by atoms with Crippen LogP contribution in [0.4, 0.5) is 5.82 Å². The van der Waals surface area contributed by atoms with Gasteiger partial charge in [-0.1, -0.05) is 17.7 Å². The first-order chi connectivity index (χ1) is 15.4. The number of nitrogens with zero attached hydrogens (tertiary/aromatic N) is 4. The van der Waals surface area contributed by atoms with Crippen molar-refractivity contribution in [3.05, 3.63) is 24.0 Å². The first-order valence-electron chi connectivity index (χ1n) is 9.38. The van der Waals surface area contributed by atoms with Crippen LogP contribution >= 0.6 is 11.8 Å². The van der Waals surface area contributed by atoms with Crippen LogP contribution < -0.4 is 30.4 Å². The molecule has 0 bridgehead atoms. The van der Waals surface area contributed by atoms with Gasteiger partial charge in [-0.2, -0.15) is 8.42 Å². The molecule has 1 aliphatic rings. The molecule has 0 unspecified atom stereocenters. The number of aromatic nitrogens is 4. The molecule has 4 rings (SSSR count). The molecule has 3 heterocycles. The Morgan fingerprint density at radius 1 is 1.22 bits per heavy atom. The predicted octanol–water partition coefficient (Wildman–Crippen LogP) is -0.348. The lowest BCUT2D eigenvalue weighted by Gasteiger charge is -2.11. The lowest BCUT2D eigenvalue weighted by atomic mass is 10.2. The summed E-state index contributed by atoms with van der Waals surface area (Å²) in [5, 5.41) is 8.67. The first-order valence-corrected chi connectivity index (χ1v) is 11.7. The number of rotatable bonds is 9. The molecule has 0 aliphatic carbocycles. The summed E-state index contributed by atoms with van der Waals surface area (Å²) in [6.45, 7) is 1.71. The van der Waals surface area contributed by atoms with Crippen LogP contribution in [0.5, 0.6) is 11.5 Å². The molecule has 12 nitrogen and oxygen atoms in total. The zero-order chi connectivity index (χ0) is 22.7. The molecule has 0 atom stereocenters. The molecular formula is C18H20N8O4S2. The van der Waals surface area contributed by atoms with E-state index < -0.39 is 10.2 Å². The highest BCUT2D eigenvalue weighted by atomic mass is 32.2. The molecule has 0 radical (unpaired) electrons. The summed E-state index contributed by atoms with van der Waals surface area (Å²) < 4.78 is 36.9. The summed E-state index contributed by atoms with van der Waals surface area (Å²) in [7, 11) is -3.72. The molecule has 1 aromatic carbocycles. The second kappa shape index (κ2) is 9.18. The Hall–Kier alpha value is -3.09. The number of hydrogen-bond donors (Lipinski definition) is 4. The normalized spacial score (nSPS) is 12.9. The number of benzene rings is 1. The molecule has 168 valence electrons. The van der Waals surface area contributed by atoms with E-state index >= 15 is 0 Å². The molecule has 0 fully saturated rings. The summed E-state index contributed by atoms with van der Waals surface area (Å²) >= 11 is 1.35. The van der Waals surface area contributed by atoms with E-state index in [2.05, 4.69) is 30.9 Å². The molecule has 0 amide bonds.